The Hall–Kier alpha value is -2.14. The van der Waals surface area contributed by atoms with E-state index >= 15 is 0 Å². The normalized spacial score (nSPS) is 16.0. The van der Waals surface area contributed by atoms with Gasteiger partial charge in [-0.25, -0.2) is 8.78 Å². The molecule has 0 amide bonds. The topological polar surface area (TPSA) is 41.5 Å². The zero-order chi connectivity index (χ0) is 19.1. The number of phenols is 1. The smallest absolute Gasteiger partial charge is 0.123 e. The van der Waals surface area contributed by atoms with Gasteiger partial charge >= 0.3 is 0 Å². The molecule has 146 valence electrons. The van der Waals surface area contributed by atoms with E-state index in [1.807, 2.05) is 0 Å². The van der Waals surface area contributed by atoms with Crippen molar-refractivity contribution >= 4 is 0 Å². The van der Waals surface area contributed by atoms with Crippen molar-refractivity contribution in [3.63, 3.8) is 0 Å². The van der Waals surface area contributed by atoms with Crippen molar-refractivity contribution < 1.29 is 18.6 Å². The van der Waals surface area contributed by atoms with E-state index in [-0.39, 0.29) is 23.5 Å². The highest BCUT2D eigenvalue weighted by Gasteiger charge is 2.19. The molecular weight excluding hydrogens is 348 g/mol. The van der Waals surface area contributed by atoms with Crippen molar-refractivity contribution in [2.24, 2.45) is 0 Å². The SMILES string of the molecule is Oc1ccc(F)cc1CCCCCNCCC1CCc2cc(F)ccc2O1. The molecule has 0 saturated heterocycles. The molecule has 1 aliphatic heterocycles. The predicted octanol–water partition coefficient (Wildman–Crippen LogP) is 4.76. The van der Waals surface area contributed by atoms with Gasteiger partial charge in [-0.05, 0) is 99.1 Å². The molecule has 0 fully saturated rings. The van der Waals surface area contributed by atoms with Crippen LogP contribution in [0.5, 0.6) is 11.5 Å². The molecule has 1 heterocycles. The number of hydrogen-bond donors (Lipinski definition) is 2. The van der Waals surface area contributed by atoms with Crippen LogP contribution >= 0.6 is 0 Å². The summed E-state index contributed by atoms with van der Waals surface area (Å²) in [4.78, 5) is 0. The maximum atomic E-state index is 13.2. The molecule has 1 unspecified atom stereocenters. The second-order valence-corrected chi connectivity index (χ2v) is 7.15. The maximum absolute atomic E-state index is 13.2. The lowest BCUT2D eigenvalue weighted by Crippen LogP contribution is -2.28. The number of benzene rings is 2. The minimum Gasteiger partial charge on any atom is -0.508 e. The number of halogens is 2. The monoisotopic (exact) mass is 375 g/mol. The van der Waals surface area contributed by atoms with Crippen LogP contribution < -0.4 is 10.1 Å². The molecular formula is C22H27F2NO2. The van der Waals surface area contributed by atoms with E-state index in [0.29, 0.717) is 12.0 Å². The van der Waals surface area contributed by atoms with E-state index in [1.165, 1.54) is 24.3 Å². The molecule has 3 nitrogen and oxygen atoms in total. The average Bonchev–Trinajstić information content (AvgIpc) is 2.66. The first kappa shape index (κ1) is 19.6. The number of unbranched alkanes of at least 4 members (excludes halogenated alkanes) is 2. The van der Waals surface area contributed by atoms with Crippen LogP contribution in [-0.4, -0.2) is 24.3 Å². The third-order valence-electron chi connectivity index (χ3n) is 5.04. The van der Waals surface area contributed by atoms with Crippen LogP contribution in [0.2, 0.25) is 0 Å². The Morgan fingerprint density at radius 1 is 1.00 bits per heavy atom. The van der Waals surface area contributed by atoms with E-state index in [9.17, 15) is 13.9 Å². The van der Waals surface area contributed by atoms with E-state index in [1.54, 1.807) is 12.1 Å². The molecule has 2 aromatic carbocycles. The van der Waals surface area contributed by atoms with E-state index < -0.39 is 0 Å². The minimum atomic E-state index is -0.304. The summed E-state index contributed by atoms with van der Waals surface area (Å²) < 4.78 is 32.3. The fourth-order valence-corrected chi connectivity index (χ4v) is 3.50. The number of phenolic OH excluding ortho intramolecular Hbond substituents is 1. The Bertz CT molecular complexity index is 751. The molecule has 1 atom stereocenters. The fraction of sp³-hybridized carbons (Fsp3) is 0.455. The molecule has 2 N–H and O–H groups in total. The summed E-state index contributed by atoms with van der Waals surface area (Å²) in [5, 5.41) is 13.1. The van der Waals surface area contributed by atoms with E-state index in [4.69, 9.17) is 4.74 Å². The van der Waals surface area contributed by atoms with Crippen LogP contribution in [0, 0.1) is 11.6 Å². The molecule has 5 heteroatoms. The molecule has 1 aliphatic rings. The van der Waals surface area contributed by atoms with Crippen molar-refractivity contribution in [2.45, 2.75) is 51.0 Å². The molecule has 0 radical (unpaired) electrons. The number of aryl methyl sites for hydroxylation is 2. The van der Waals surface area contributed by atoms with Gasteiger partial charge < -0.3 is 15.2 Å². The second kappa shape index (κ2) is 9.70. The lowest BCUT2D eigenvalue weighted by Gasteiger charge is -2.26. The molecule has 3 rings (SSSR count). The summed E-state index contributed by atoms with van der Waals surface area (Å²) in [6.45, 7) is 1.83. The van der Waals surface area contributed by atoms with E-state index in [0.717, 1.165) is 62.9 Å². The van der Waals surface area contributed by atoms with Gasteiger partial charge in [0.1, 0.15) is 29.2 Å². The van der Waals surface area contributed by atoms with Crippen molar-refractivity contribution in [3.8, 4) is 11.5 Å². The maximum Gasteiger partial charge on any atom is 0.123 e. The van der Waals surface area contributed by atoms with Crippen molar-refractivity contribution in [1.82, 2.24) is 5.32 Å². The van der Waals surface area contributed by atoms with Gasteiger partial charge in [-0.2, -0.15) is 0 Å². The van der Waals surface area contributed by atoms with Gasteiger partial charge in [0.15, 0.2) is 0 Å². The van der Waals surface area contributed by atoms with Crippen LogP contribution in [0.15, 0.2) is 36.4 Å². The summed E-state index contributed by atoms with van der Waals surface area (Å²) in [5.74, 6) is 0.479. The van der Waals surface area contributed by atoms with Gasteiger partial charge in [-0.15, -0.1) is 0 Å². The summed E-state index contributed by atoms with van der Waals surface area (Å²) in [6.07, 6.45) is 6.61. The zero-order valence-corrected chi connectivity index (χ0v) is 15.5. The molecule has 0 bridgehead atoms. The van der Waals surface area contributed by atoms with Crippen LogP contribution in [0.3, 0.4) is 0 Å². The van der Waals surface area contributed by atoms with Crippen LogP contribution in [0.25, 0.3) is 0 Å². The Morgan fingerprint density at radius 3 is 2.70 bits per heavy atom. The number of nitrogens with one attached hydrogen (secondary N) is 1. The highest BCUT2D eigenvalue weighted by molar-refractivity contribution is 5.35. The highest BCUT2D eigenvalue weighted by Crippen LogP contribution is 2.29. The zero-order valence-electron chi connectivity index (χ0n) is 15.5. The molecule has 0 aliphatic carbocycles. The average molecular weight is 375 g/mol. The van der Waals surface area contributed by atoms with Gasteiger partial charge in [-0.3, -0.25) is 0 Å². The van der Waals surface area contributed by atoms with Crippen LogP contribution in [0.4, 0.5) is 8.78 Å². The molecule has 0 saturated carbocycles. The first-order chi connectivity index (χ1) is 13.1. The third kappa shape index (κ3) is 5.93. The summed E-state index contributed by atoms with van der Waals surface area (Å²) in [5.41, 5.74) is 1.64. The number of aromatic hydroxyl groups is 1. The van der Waals surface area contributed by atoms with Gasteiger partial charge in [0.05, 0.1) is 0 Å². The molecule has 0 spiro atoms. The quantitative estimate of drug-likeness (QED) is 0.621. The first-order valence-corrected chi connectivity index (χ1v) is 9.75. The third-order valence-corrected chi connectivity index (χ3v) is 5.04. The fourth-order valence-electron chi connectivity index (χ4n) is 3.50. The lowest BCUT2D eigenvalue weighted by atomic mass is 10.0. The van der Waals surface area contributed by atoms with Gasteiger partial charge in [0.25, 0.3) is 0 Å². The van der Waals surface area contributed by atoms with Crippen molar-refractivity contribution in [1.29, 1.82) is 0 Å². The van der Waals surface area contributed by atoms with Gasteiger partial charge in [-0.1, -0.05) is 6.42 Å². The van der Waals surface area contributed by atoms with Crippen molar-refractivity contribution in [2.75, 3.05) is 13.1 Å². The standard InChI is InChI=1S/C22H27F2NO2/c23-18-6-9-21(26)16(14-18)4-2-1-3-12-25-13-11-20-8-5-17-15-19(24)7-10-22(17)27-20/h6-7,9-10,14-15,20,25-26H,1-5,8,11-13H2. The Labute approximate surface area is 159 Å². The van der Waals surface area contributed by atoms with Crippen LogP contribution in [-0.2, 0) is 12.8 Å². The Kier molecular flexibility index (Phi) is 7.04. The molecule has 27 heavy (non-hydrogen) atoms. The first-order valence-electron chi connectivity index (χ1n) is 9.75. The number of rotatable bonds is 9. The summed E-state index contributed by atoms with van der Waals surface area (Å²) >= 11 is 0. The second-order valence-electron chi connectivity index (χ2n) is 7.15. The lowest BCUT2D eigenvalue weighted by molar-refractivity contribution is 0.163. The highest BCUT2D eigenvalue weighted by atomic mass is 19.1. The summed E-state index contributed by atoms with van der Waals surface area (Å²) in [6, 6.07) is 8.82. The predicted molar refractivity (Wildman–Crippen MR) is 102 cm³/mol. The Morgan fingerprint density at radius 2 is 1.81 bits per heavy atom. The number of fused-ring (bicyclic) bond motifs is 1. The minimum absolute atomic E-state index is 0.173. The van der Waals surface area contributed by atoms with Crippen molar-refractivity contribution in [3.05, 3.63) is 59.2 Å². The van der Waals surface area contributed by atoms with Crippen LogP contribution in [0.1, 0.15) is 43.2 Å². The van der Waals surface area contributed by atoms with Gasteiger partial charge in [0.2, 0.25) is 0 Å². The number of ether oxygens (including phenoxy) is 1. The Balaban J connectivity index is 1.25. The molecule has 2 aromatic rings. The van der Waals surface area contributed by atoms with Gasteiger partial charge in [0, 0.05) is 0 Å². The summed E-state index contributed by atoms with van der Waals surface area (Å²) in [7, 11) is 0. The largest absolute Gasteiger partial charge is 0.508 e. The van der Waals surface area contributed by atoms with E-state index in [2.05, 4.69) is 5.32 Å². The molecule has 0 aromatic heterocycles. The number of hydrogen-bond acceptors (Lipinski definition) is 3.